The topological polar surface area (TPSA) is 88.2 Å². The van der Waals surface area contributed by atoms with Gasteiger partial charge in [0.05, 0.1) is 23.6 Å². The molecular formula is C26H24N2O4. The maximum atomic E-state index is 12.7. The Morgan fingerprint density at radius 1 is 1.09 bits per heavy atom. The molecule has 6 heteroatoms. The molecule has 5 aromatic rings. The first kappa shape index (κ1) is 20.1. The van der Waals surface area contributed by atoms with Gasteiger partial charge in [-0.1, -0.05) is 18.2 Å². The summed E-state index contributed by atoms with van der Waals surface area (Å²) < 4.78 is 11.4. The van der Waals surface area contributed by atoms with Gasteiger partial charge in [-0.15, -0.1) is 0 Å². The Balaban J connectivity index is 1.38. The van der Waals surface area contributed by atoms with Crippen LogP contribution in [0.25, 0.3) is 32.8 Å². The second-order valence-electron chi connectivity index (χ2n) is 8.32. The molecule has 0 unspecified atom stereocenters. The summed E-state index contributed by atoms with van der Waals surface area (Å²) in [4.78, 5) is 28.6. The number of H-pyrrole nitrogens is 1. The number of furan rings is 1. The Bertz CT molecular complexity index is 1550. The van der Waals surface area contributed by atoms with Crippen molar-refractivity contribution in [3.05, 3.63) is 81.0 Å². The predicted octanol–water partition coefficient (Wildman–Crippen LogP) is 4.85. The highest BCUT2D eigenvalue weighted by molar-refractivity contribution is 6.07. The van der Waals surface area contributed by atoms with Gasteiger partial charge in [0.1, 0.15) is 11.2 Å². The maximum absolute atomic E-state index is 12.7. The molecule has 0 aliphatic carbocycles. The first-order chi connectivity index (χ1) is 15.4. The molecule has 3 aromatic heterocycles. The Kier molecular flexibility index (Phi) is 4.85. The second-order valence-corrected chi connectivity index (χ2v) is 8.32. The van der Waals surface area contributed by atoms with Gasteiger partial charge in [-0.05, 0) is 61.6 Å². The summed E-state index contributed by atoms with van der Waals surface area (Å²) in [5.41, 5.74) is 6.02. The average Bonchev–Trinajstić information content (AvgIpc) is 3.35. The Labute approximate surface area is 184 Å². The molecule has 162 valence electrons. The van der Waals surface area contributed by atoms with E-state index in [2.05, 4.69) is 16.4 Å². The van der Waals surface area contributed by atoms with Crippen LogP contribution < -0.4 is 10.9 Å². The quantitative estimate of drug-likeness (QED) is 0.392. The number of para-hydroxylation sites is 1. The second kappa shape index (κ2) is 7.71. The van der Waals surface area contributed by atoms with Crippen LogP contribution in [0.2, 0.25) is 0 Å². The predicted molar refractivity (Wildman–Crippen MR) is 125 cm³/mol. The van der Waals surface area contributed by atoms with Gasteiger partial charge in [0.25, 0.3) is 0 Å². The molecule has 0 aliphatic heterocycles. The third-order valence-corrected chi connectivity index (χ3v) is 6.20. The van der Waals surface area contributed by atoms with E-state index >= 15 is 0 Å². The average molecular weight is 428 g/mol. The number of amides is 1. The maximum Gasteiger partial charge on any atom is 0.340 e. The zero-order valence-electron chi connectivity index (χ0n) is 18.3. The number of aromatic amines is 1. The molecule has 0 radical (unpaired) electrons. The molecule has 0 fully saturated rings. The molecule has 3 heterocycles. The fourth-order valence-electron chi connectivity index (χ4n) is 4.58. The number of carbonyl (C=O) groups excluding carboxylic acids is 1. The molecule has 1 amide bonds. The minimum Gasteiger partial charge on any atom is -0.463 e. The van der Waals surface area contributed by atoms with E-state index in [-0.39, 0.29) is 12.3 Å². The Morgan fingerprint density at radius 3 is 2.75 bits per heavy atom. The van der Waals surface area contributed by atoms with E-state index in [0.29, 0.717) is 29.7 Å². The molecule has 0 saturated carbocycles. The summed E-state index contributed by atoms with van der Waals surface area (Å²) in [7, 11) is 0. The molecule has 2 aromatic carbocycles. The van der Waals surface area contributed by atoms with Gasteiger partial charge < -0.3 is 19.1 Å². The van der Waals surface area contributed by atoms with E-state index < -0.39 is 5.63 Å². The summed E-state index contributed by atoms with van der Waals surface area (Å²) in [5.74, 6) is -0.210. The minimum atomic E-state index is -0.483. The molecule has 0 spiro atoms. The van der Waals surface area contributed by atoms with E-state index in [4.69, 9.17) is 8.83 Å². The molecule has 0 aliphatic rings. The molecule has 32 heavy (non-hydrogen) atoms. The van der Waals surface area contributed by atoms with Crippen LogP contribution in [-0.2, 0) is 17.6 Å². The summed E-state index contributed by atoms with van der Waals surface area (Å²) in [5, 5.41) is 5.85. The van der Waals surface area contributed by atoms with Gasteiger partial charge in [0, 0.05) is 29.0 Å². The van der Waals surface area contributed by atoms with Crippen LogP contribution in [0.15, 0.2) is 56.4 Å². The van der Waals surface area contributed by atoms with Gasteiger partial charge in [0.15, 0.2) is 0 Å². The number of aryl methyl sites for hydroxylation is 3. The van der Waals surface area contributed by atoms with Crippen molar-refractivity contribution in [2.24, 2.45) is 0 Å². The van der Waals surface area contributed by atoms with E-state index in [1.807, 2.05) is 51.2 Å². The third-order valence-electron chi connectivity index (χ3n) is 6.20. The van der Waals surface area contributed by atoms with E-state index in [1.165, 1.54) is 0 Å². The monoisotopic (exact) mass is 428 g/mol. The number of nitrogens with one attached hydrogen (secondary N) is 2. The molecule has 2 N–H and O–H groups in total. The lowest BCUT2D eigenvalue weighted by Gasteiger charge is -2.10. The third kappa shape index (κ3) is 3.28. The molecule has 6 nitrogen and oxygen atoms in total. The van der Waals surface area contributed by atoms with Crippen LogP contribution in [0.4, 0.5) is 0 Å². The van der Waals surface area contributed by atoms with Crippen molar-refractivity contribution in [3.63, 3.8) is 0 Å². The summed E-state index contributed by atoms with van der Waals surface area (Å²) in [6.45, 7) is 6.29. The van der Waals surface area contributed by atoms with E-state index in [0.717, 1.165) is 43.9 Å². The van der Waals surface area contributed by atoms with Crippen molar-refractivity contribution < 1.29 is 13.6 Å². The van der Waals surface area contributed by atoms with Crippen molar-refractivity contribution in [2.75, 3.05) is 6.54 Å². The van der Waals surface area contributed by atoms with Gasteiger partial charge in [-0.25, -0.2) is 4.79 Å². The first-order valence-corrected chi connectivity index (χ1v) is 10.7. The van der Waals surface area contributed by atoms with Gasteiger partial charge in [0.2, 0.25) is 5.91 Å². The van der Waals surface area contributed by atoms with Crippen LogP contribution in [0.5, 0.6) is 0 Å². The Hall–Kier alpha value is -3.80. The fraction of sp³-hybridized carbons (Fsp3) is 0.231. The number of benzene rings is 2. The fourth-order valence-corrected chi connectivity index (χ4v) is 4.58. The van der Waals surface area contributed by atoms with Crippen molar-refractivity contribution in [1.82, 2.24) is 10.3 Å². The normalized spacial score (nSPS) is 11.6. The number of aromatic nitrogens is 1. The molecule has 0 saturated heterocycles. The number of rotatable bonds is 5. The van der Waals surface area contributed by atoms with Crippen molar-refractivity contribution in [1.29, 1.82) is 0 Å². The van der Waals surface area contributed by atoms with Crippen LogP contribution in [0.1, 0.15) is 27.8 Å². The highest BCUT2D eigenvalue weighted by atomic mass is 16.4. The minimum absolute atomic E-state index is 0.0347. The summed E-state index contributed by atoms with van der Waals surface area (Å²) in [6.07, 6.45) is 4.34. The van der Waals surface area contributed by atoms with Crippen molar-refractivity contribution >= 4 is 38.7 Å². The lowest BCUT2D eigenvalue weighted by Crippen LogP contribution is -2.29. The Morgan fingerprint density at radius 2 is 1.91 bits per heavy atom. The number of hydrogen-bond donors (Lipinski definition) is 2. The van der Waals surface area contributed by atoms with Gasteiger partial charge >= 0.3 is 5.63 Å². The van der Waals surface area contributed by atoms with Crippen LogP contribution in [0.3, 0.4) is 0 Å². The van der Waals surface area contributed by atoms with Crippen LogP contribution >= 0.6 is 0 Å². The molecule has 5 rings (SSSR count). The first-order valence-electron chi connectivity index (χ1n) is 10.7. The van der Waals surface area contributed by atoms with E-state index in [9.17, 15) is 9.59 Å². The molecule has 0 atom stereocenters. The zero-order chi connectivity index (χ0) is 22.4. The standard InChI is InChI=1S/C26H24N2O4/c1-14-10-21-24(25-23(14)15(2)13-31-25)16(3)19(26(30)32-21)11-22(29)27-9-8-17-12-28-20-7-5-4-6-18(17)20/h4-7,10,12-13,28H,8-9,11H2,1-3H3,(H,27,29). The highest BCUT2D eigenvalue weighted by Gasteiger charge is 2.20. The number of hydrogen-bond acceptors (Lipinski definition) is 4. The van der Waals surface area contributed by atoms with Crippen molar-refractivity contribution in [3.8, 4) is 0 Å². The number of fused-ring (bicyclic) bond motifs is 4. The SMILES string of the molecule is Cc1coc2c1c(C)cc1oc(=O)c(CC(=O)NCCc3c[nH]c4ccccc34)c(C)c12. The lowest BCUT2D eigenvalue weighted by molar-refractivity contribution is -0.120. The van der Waals surface area contributed by atoms with Crippen LogP contribution in [-0.4, -0.2) is 17.4 Å². The molecular weight excluding hydrogens is 404 g/mol. The van der Waals surface area contributed by atoms with Gasteiger partial charge in [-0.2, -0.15) is 0 Å². The molecule has 0 bridgehead atoms. The zero-order valence-corrected chi connectivity index (χ0v) is 18.3. The summed E-state index contributed by atoms with van der Waals surface area (Å²) >= 11 is 0. The lowest BCUT2D eigenvalue weighted by atomic mass is 9.99. The largest absolute Gasteiger partial charge is 0.463 e. The van der Waals surface area contributed by atoms with Crippen molar-refractivity contribution in [2.45, 2.75) is 33.6 Å². The number of carbonyl (C=O) groups is 1. The highest BCUT2D eigenvalue weighted by Crippen LogP contribution is 2.34. The smallest absolute Gasteiger partial charge is 0.340 e. The summed E-state index contributed by atoms with van der Waals surface area (Å²) in [6, 6.07) is 9.93. The van der Waals surface area contributed by atoms with Gasteiger partial charge in [-0.3, -0.25) is 4.79 Å². The van der Waals surface area contributed by atoms with E-state index in [1.54, 1.807) is 6.26 Å². The van der Waals surface area contributed by atoms with Crippen LogP contribution in [0, 0.1) is 20.8 Å².